The van der Waals surface area contributed by atoms with E-state index < -0.39 is 7.32 Å². The third kappa shape index (κ3) is 5.25. The van der Waals surface area contributed by atoms with Crippen molar-refractivity contribution in [1.82, 2.24) is 0 Å². The molecule has 0 spiro atoms. The highest BCUT2D eigenvalue weighted by molar-refractivity contribution is 6.39. The Morgan fingerprint density at radius 2 is 0.677 bits per heavy atom. The molecule has 0 atom stereocenters. The molecule has 3 aromatic rings. The van der Waals surface area contributed by atoms with Gasteiger partial charge in [-0.1, -0.05) is 18.2 Å². The average molecular weight is 416 g/mol. The minimum absolute atomic E-state index is 0.770. The largest absolute Gasteiger partial charge is 0.864 e. The minimum Gasteiger partial charge on any atom is -0.489 e. The van der Waals surface area contributed by atoms with E-state index in [0.29, 0.717) is 0 Å². The van der Waals surface area contributed by atoms with Crippen molar-refractivity contribution in [3.8, 4) is 17.2 Å². The maximum absolute atomic E-state index is 6.34. The molecular weight excluding hydrogens is 383 g/mol. The smallest absolute Gasteiger partial charge is 0.489 e. The Kier molecular flexibility index (Phi) is 6.69. The SMILES string of the molecule is Cc1cc(C)c(C)c(OB(Oc2cc(C)cc(C)c2C)Oc2cc(C)cc(C)c2C)c1. The molecular formula is C27H33BO3. The van der Waals surface area contributed by atoms with Crippen LogP contribution in [0.4, 0.5) is 0 Å². The zero-order chi connectivity index (χ0) is 22.9. The zero-order valence-corrected chi connectivity index (χ0v) is 20.3. The fourth-order valence-corrected chi connectivity index (χ4v) is 3.75. The summed E-state index contributed by atoms with van der Waals surface area (Å²) in [6.45, 7) is 18.7. The van der Waals surface area contributed by atoms with E-state index in [1.165, 1.54) is 16.7 Å². The van der Waals surface area contributed by atoms with Crippen LogP contribution in [0.1, 0.15) is 50.1 Å². The number of benzene rings is 3. The average Bonchev–Trinajstić information content (AvgIpc) is 2.67. The van der Waals surface area contributed by atoms with Crippen LogP contribution in [0.25, 0.3) is 0 Å². The summed E-state index contributed by atoms with van der Waals surface area (Å²) in [6.07, 6.45) is 0. The fraction of sp³-hybridized carbons (Fsp3) is 0.333. The third-order valence-corrected chi connectivity index (χ3v) is 5.96. The lowest BCUT2D eigenvalue weighted by molar-refractivity contribution is 0.304. The van der Waals surface area contributed by atoms with Crippen LogP contribution in [0.2, 0.25) is 0 Å². The lowest BCUT2D eigenvalue weighted by Gasteiger charge is -2.22. The van der Waals surface area contributed by atoms with Crippen molar-refractivity contribution < 1.29 is 14.0 Å². The van der Waals surface area contributed by atoms with Gasteiger partial charge in [0.05, 0.1) is 0 Å². The summed E-state index contributed by atoms with van der Waals surface area (Å²) < 4.78 is 19.0. The molecule has 0 bridgehead atoms. The second-order valence-electron chi connectivity index (χ2n) is 8.76. The predicted molar refractivity (Wildman–Crippen MR) is 130 cm³/mol. The van der Waals surface area contributed by atoms with Gasteiger partial charge < -0.3 is 14.0 Å². The Hall–Kier alpha value is -2.88. The standard InChI is InChI=1S/C27H33BO3/c1-16-10-19(4)22(7)25(13-16)29-28(30-26-14-17(2)11-20(5)23(26)8)31-27-15-18(3)12-21(6)24(27)9/h10-15H,1-9H3. The molecule has 3 rings (SSSR count). The normalized spacial score (nSPS) is 10.7. The maximum atomic E-state index is 6.34. The molecule has 31 heavy (non-hydrogen) atoms. The molecule has 0 fully saturated rings. The van der Waals surface area contributed by atoms with Crippen LogP contribution in [-0.2, 0) is 0 Å². The number of rotatable bonds is 6. The molecule has 0 aromatic heterocycles. The summed E-state index contributed by atoms with van der Waals surface area (Å²) in [6, 6.07) is 12.6. The third-order valence-electron chi connectivity index (χ3n) is 5.96. The van der Waals surface area contributed by atoms with E-state index in [9.17, 15) is 0 Å². The summed E-state index contributed by atoms with van der Waals surface area (Å²) >= 11 is 0. The molecule has 4 heteroatoms. The predicted octanol–water partition coefficient (Wildman–Crippen LogP) is 6.98. The van der Waals surface area contributed by atoms with Gasteiger partial charge in [0.15, 0.2) is 0 Å². The quantitative estimate of drug-likeness (QED) is 0.406. The van der Waals surface area contributed by atoms with Crippen LogP contribution in [0.3, 0.4) is 0 Å². The van der Waals surface area contributed by atoms with E-state index in [0.717, 1.165) is 50.6 Å². The first-order chi connectivity index (χ1) is 14.5. The molecule has 3 nitrogen and oxygen atoms in total. The molecule has 162 valence electrons. The highest BCUT2D eigenvalue weighted by Crippen LogP contribution is 2.29. The Balaban J connectivity index is 2.02. The van der Waals surface area contributed by atoms with E-state index >= 15 is 0 Å². The lowest BCUT2D eigenvalue weighted by atomic mass is 10.0. The second kappa shape index (κ2) is 9.09. The van der Waals surface area contributed by atoms with Gasteiger partial charge in [0.25, 0.3) is 0 Å². The van der Waals surface area contributed by atoms with Crippen LogP contribution in [0, 0.1) is 62.3 Å². The minimum atomic E-state index is -0.917. The van der Waals surface area contributed by atoms with Crippen LogP contribution in [0.5, 0.6) is 17.2 Å². The van der Waals surface area contributed by atoms with Crippen molar-refractivity contribution in [3.05, 3.63) is 86.5 Å². The van der Waals surface area contributed by atoms with E-state index in [2.05, 4.69) is 80.5 Å². The van der Waals surface area contributed by atoms with Gasteiger partial charge >= 0.3 is 7.32 Å². The topological polar surface area (TPSA) is 27.7 Å². The van der Waals surface area contributed by atoms with E-state index in [-0.39, 0.29) is 0 Å². The van der Waals surface area contributed by atoms with Crippen molar-refractivity contribution in [1.29, 1.82) is 0 Å². The Bertz CT molecular complexity index is 977. The number of aryl methyl sites for hydroxylation is 6. The van der Waals surface area contributed by atoms with E-state index in [4.69, 9.17) is 14.0 Å². The highest BCUT2D eigenvalue weighted by Gasteiger charge is 2.32. The first-order valence-corrected chi connectivity index (χ1v) is 10.8. The van der Waals surface area contributed by atoms with Crippen LogP contribution >= 0.6 is 0 Å². The Morgan fingerprint density at radius 3 is 0.935 bits per heavy atom. The van der Waals surface area contributed by atoms with Crippen LogP contribution in [0.15, 0.2) is 36.4 Å². The molecule has 0 N–H and O–H groups in total. The van der Waals surface area contributed by atoms with Crippen LogP contribution < -0.4 is 14.0 Å². The number of hydrogen-bond acceptors (Lipinski definition) is 3. The van der Waals surface area contributed by atoms with Gasteiger partial charge in [-0.05, 0) is 131 Å². The molecule has 0 amide bonds. The first-order valence-electron chi connectivity index (χ1n) is 10.8. The van der Waals surface area contributed by atoms with Crippen molar-refractivity contribution in [2.75, 3.05) is 0 Å². The first kappa shape index (κ1) is 22.8. The lowest BCUT2D eigenvalue weighted by Crippen LogP contribution is -2.37. The highest BCUT2D eigenvalue weighted by atomic mass is 16.7. The van der Waals surface area contributed by atoms with Gasteiger partial charge in [-0.3, -0.25) is 0 Å². The second-order valence-corrected chi connectivity index (χ2v) is 8.76. The van der Waals surface area contributed by atoms with Gasteiger partial charge in [-0.15, -0.1) is 0 Å². The summed E-state index contributed by atoms with van der Waals surface area (Å²) in [5.74, 6) is 2.31. The molecule has 0 unspecified atom stereocenters. The van der Waals surface area contributed by atoms with Gasteiger partial charge in [-0.2, -0.15) is 0 Å². The molecule has 0 heterocycles. The van der Waals surface area contributed by atoms with Gasteiger partial charge in [-0.25, -0.2) is 0 Å². The molecule has 0 saturated carbocycles. The Morgan fingerprint density at radius 1 is 0.419 bits per heavy atom. The van der Waals surface area contributed by atoms with Gasteiger partial charge in [0, 0.05) is 0 Å². The molecule has 0 aliphatic carbocycles. The van der Waals surface area contributed by atoms with E-state index in [1.807, 2.05) is 18.2 Å². The summed E-state index contributed by atoms with van der Waals surface area (Å²) in [5, 5.41) is 0. The summed E-state index contributed by atoms with van der Waals surface area (Å²) in [7, 11) is -0.917. The molecule has 3 aromatic carbocycles. The van der Waals surface area contributed by atoms with E-state index in [1.54, 1.807) is 0 Å². The maximum Gasteiger partial charge on any atom is 0.864 e. The number of hydrogen-bond donors (Lipinski definition) is 0. The van der Waals surface area contributed by atoms with Gasteiger partial charge in [0.2, 0.25) is 0 Å². The van der Waals surface area contributed by atoms with Crippen molar-refractivity contribution >= 4 is 7.32 Å². The molecule has 0 aliphatic rings. The van der Waals surface area contributed by atoms with Crippen molar-refractivity contribution in [3.63, 3.8) is 0 Å². The monoisotopic (exact) mass is 416 g/mol. The van der Waals surface area contributed by atoms with Crippen molar-refractivity contribution in [2.24, 2.45) is 0 Å². The summed E-state index contributed by atoms with van der Waals surface area (Å²) in [5.41, 5.74) is 10.2. The molecule has 0 radical (unpaired) electrons. The Labute approximate surface area is 187 Å². The van der Waals surface area contributed by atoms with Gasteiger partial charge in [0.1, 0.15) is 17.2 Å². The molecule has 0 saturated heterocycles. The molecule has 0 aliphatic heterocycles. The fourth-order valence-electron chi connectivity index (χ4n) is 3.75. The zero-order valence-electron chi connectivity index (χ0n) is 20.3. The van der Waals surface area contributed by atoms with Crippen molar-refractivity contribution in [2.45, 2.75) is 62.3 Å². The van der Waals surface area contributed by atoms with Crippen LogP contribution in [-0.4, -0.2) is 7.32 Å². The summed E-state index contributed by atoms with van der Waals surface area (Å²) in [4.78, 5) is 0.